The minimum Gasteiger partial charge on any atom is -0.508 e. The number of carbonyl (C=O) groups excluding carboxylic acids is 2. The van der Waals surface area contributed by atoms with E-state index in [4.69, 9.17) is 4.74 Å². The number of rotatable bonds is 2. The third-order valence-corrected chi connectivity index (χ3v) is 3.60. The van der Waals surface area contributed by atoms with Gasteiger partial charge in [0.2, 0.25) is 5.78 Å². The molecule has 0 spiro atoms. The molecule has 3 rings (SSSR count). The summed E-state index contributed by atoms with van der Waals surface area (Å²) in [5, 5.41) is 9.41. The average Bonchev–Trinajstić information content (AvgIpc) is 2.51. The average molecular weight is 309 g/mol. The number of phenols is 1. The molecule has 5 nitrogen and oxygen atoms in total. The van der Waals surface area contributed by atoms with Crippen LogP contribution in [0.3, 0.4) is 0 Å². The maximum atomic E-state index is 12.5. The zero-order chi connectivity index (χ0) is 16.6. The highest BCUT2D eigenvalue weighted by atomic mass is 16.5. The third kappa shape index (κ3) is 2.81. The van der Waals surface area contributed by atoms with Crippen LogP contribution in [-0.2, 0) is 4.79 Å². The fraction of sp³-hybridized carbons (Fsp3) is 0.111. The van der Waals surface area contributed by atoms with Crippen LogP contribution in [0.4, 0.5) is 5.69 Å². The molecule has 1 aliphatic rings. The number of carbonyl (C=O) groups is 2. The van der Waals surface area contributed by atoms with Gasteiger partial charge in [0.05, 0.1) is 5.56 Å². The van der Waals surface area contributed by atoms with E-state index in [-0.39, 0.29) is 22.6 Å². The van der Waals surface area contributed by atoms with Crippen molar-refractivity contribution in [2.45, 2.75) is 0 Å². The Morgan fingerprint density at radius 1 is 1.04 bits per heavy atom. The number of fused-ring (bicyclic) bond motifs is 1. The number of phenolic OH excluding ortho intramolecular Hbond substituents is 1. The largest absolute Gasteiger partial charge is 0.508 e. The van der Waals surface area contributed by atoms with Gasteiger partial charge in [-0.15, -0.1) is 0 Å². The van der Waals surface area contributed by atoms with Crippen LogP contribution in [0.2, 0.25) is 0 Å². The molecule has 23 heavy (non-hydrogen) atoms. The molecule has 5 heteroatoms. The van der Waals surface area contributed by atoms with Crippen LogP contribution in [0, 0.1) is 0 Å². The number of aromatic hydroxyl groups is 1. The lowest BCUT2D eigenvalue weighted by Gasteiger charge is -2.17. The minimum atomic E-state index is -0.718. The van der Waals surface area contributed by atoms with E-state index in [1.165, 1.54) is 24.3 Å². The molecule has 0 aromatic heterocycles. The fourth-order valence-electron chi connectivity index (χ4n) is 2.34. The van der Waals surface area contributed by atoms with Crippen LogP contribution >= 0.6 is 0 Å². The van der Waals surface area contributed by atoms with Gasteiger partial charge in [-0.05, 0) is 35.9 Å². The summed E-state index contributed by atoms with van der Waals surface area (Å²) >= 11 is 0. The fourth-order valence-corrected chi connectivity index (χ4v) is 2.34. The van der Waals surface area contributed by atoms with Crippen molar-refractivity contribution in [1.29, 1.82) is 0 Å². The summed E-state index contributed by atoms with van der Waals surface area (Å²) in [6.45, 7) is 0. The van der Waals surface area contributed by atoms with Crippen molar-refractivity contribution in [3.63, 3.8) is 0 Å². The summed E-state index contributed by atoms with van der Waals surface area (Å²) in [5.74, 6) is -1.10. The van der Waals surface area contributed by atoms with E-state index in [0.29, 0.717) is 0 Å². The standard InChI is InChI=1S/C18H15NO4/c1-19(2)12-5-3-11(4-6-12)9-15-17(21)14-8-7-13(20)10-16(14)23-18(15)22/h3-10,20H,1-2H3/b15-9+. The van der Waals surface area contributed by atoms with E-state index in [1.807, 2.05) is 43.3 Å². The molecule has 0 amide bonds. The van der Waals surface area contributed by atoms with Gasteiger partial charge in [0, 0.05) is 25.8 Å². The first-order valence-corrected chi connectivity index (χ1v) is 7.04. The topological polar surface area (TPSA) is 66.8 Å². The van der Waals surface area contributed by atoms with E-state index in [9.17, 15) is 14.7 Å². The lowest BCUT2D eigenvalue weighted by atomic mass is 9.97. The molecule has 0 aliphatic carbocycles. The Labute approximate surface area is 133 Å². The van der Waals surface area contributed by atoms with E-state index >= 15 is 0 Å². The molecular formula is C18H15NO4. The number of hydrogen-bond donors (Lipinski definition) is 1. The number of ether oxygens (including phenoxy) is 1. The summed E-state index contributed by atoms with van der Waals surface area (Å²) in [7, 11) is 3.86. The van der Waals surface area contributed by atoms with Gasteiger partial charge in [0.25, 0.3) is 0 Å². The van der Waals surface area contributed by atoms with Gasteiger partial charge < -0.3 is 14.7 Å². The molecule has 1 aliphatic heterocycles. The van der Waals surface area contributed by atoms with Crippen LogP contribution < -0.4 is 9.64 Å². The van der Waals surface area contributed by atoms with E-state index < -0.39 is 11.8 Å². The summed E-state index contributed by atoms with van der Waals surface area (Å²) in [4.78, 5) is 26.5. The van der Waals surface area contributed by atoms with E-state index in [2.05, 4.69) is 0 Å². The van der Waals surface area contributed by atoms with E-state index in [0.717, 1.165) is 11.3 Å². The molecule has 0 radical (unpaired) electrons. The summed E-state index contributed by atoms with van der Waals surface area (Å²) in [6, 6.07) is 11.5. The van der Waals surface area contributed by atoms with E-state index in [1.54, 1.807) is 0 Å². The number of benzene rings is 2. The monoisotopic (exact) mass is 309 g/mol. The Morgan fingerprint density at radius 3 is 2.39 bits per heavy atom. The zero-order valence-corrected chi connectivity index (χ0v) is 12.7. The first-order valence-electron chi connectivity index (χ1n) is 7.04. The molecule has 0 saturated carbocycles. The predicted octanol–water partition coefficient (Wildman–Crippen LogP) is 2.64. The van der Waals surface area contributed by atoms with Crippen molar-refractivity contribution in [1.82, 2.24) is 0 Å². The first kappa shape index (κ1) is 14.8. The van der Waals surface area contributed by atoms with Crippen molar-refractivity contribution < 1.29 is 19.4 Å². The molecule has 2 aromatic rings. The highest BCUT2D eigenvalue weighted by Crippen LogP contribution is 2.31. The van der Waals surface area contributed by atoms with Crippen molar-refractivity contribution in [2.75, 3.05) is 19.0 Å². The Balaban J connectivity index is 1.98. The molecular weight excluding hydrogens is 294 g/mol. The number of esters is 1. The Bertz CT molecular complexity index is 819. The van der Waals surface area contributed by atoms with Gasteiger partial charge in [-0.25, -0.2) is 4.79 Å². The maximum Gasteiger partial charge on any atom is 0.347 e. The normalized spacial score (nSPS) is 15.3. The minimum absolute atomic E-state index is 0.0270. The summed E-state index contributed by atoms with van der Waals surface area (Å²) in [6.07, 6.45) is 1.51. The Kier molecular flexibility index (Phi) is 3.62. The predicted molar refractivity (Wildman–Crippen MR) is 86.8 cm³/mol. The second-order valence-corrected chi connectivity index (χ2v) is 5.44. The van der Waals surface area contributed by atoms with Crippen LogP contribution in [0.5, 0.6) is 11.5 Å². The van der Waals surface area contributed by atoms with Crippen LogP contribution in [0.1, 0.15) is 15.9 Å². The number of anilines is 1. The first-order chi connectivity index (χ1) is 11.0. The van der Waals surface area contributed by atoms with Crippen molar-refractivity contribution in [3.05, 3.63) is 59.2 Å². The Hall–Kier alpha value is -3.08. The van der Waals surface area contributed by atoms with Gasteiger partial charge in [0.15, 0.2) is 0 Å². The van der Waals surface area contributed by atoms with Gasteiger partial charge in [-0.1, -0.05) is 12.1 Å². The van der Waals surface area contributed by atoms with Gasteiger partial charge in [0.1, 0.15) is 17.1 Å². The highest BCUT2D eigenvalue weighted by molar-refractivity contribution is 6.30. The van der Waals surface area contributed by atoms with Crippen LogP contribution in [0.15, 0.2) is 48.0 Å². The molecule has 1 heterocycles. The zero-order valence-electron chi connectivity index (χ0n) is 12.7. The number of ketones is 1. The van der Waals surface area contributed by atoms with Gasteiger partial charge >= 0.3 is 5.97 Å². The lowest BCUT2D eigenvalue weighted by Crippen LogP contribution is -2.24. The molecule has 0 atom stereocenters. The molecule has 0 fully saturated rings. The second-order valence-electron chi connectivity index (χ2n) is 5.44. The number of Topliss-reactive ketones (excluding diaryl/α,β-unsaturated/α-hetero) is 1. The van der Waals surface area contributed by atoms with Crippen molar-refractivity contribution in [2.24, 2.45) is 0 Å². The maximum absolute atomic E-state index is 12.5. The molecule has 116 valence electrons. The van der Waals surface area contributed by atoms with Crippen molar-refractivity contribution >= 4 is 23.5 Å². The van der Waals surface area contributed by atoms with Crippen molar-refractivity contribution in [3.8, 4) is 11.5 Å². The summed E-state index contributed by atoms with van der Waals surface area (Å²) < 4.78 is 5.13. The second kappa shape index (κ2) is 5.61. The highest BCUT2D eigenvalue weighted by Gasteiger charge is 2.30. The Morgan fingerprint density at radius 2 is 1.74 bits per heavy atom. The SMILES string of the molecule is CN(C)c1ccc(/C=C2/C(=O)Oc3cc(O)ccc3C2=O)cc1. The van der Waals surface area contributed by atoms with Crippen LogP contribution in [-0.4, -0.2) is 31.0 Å². The quantitative estimate of drug-likeness (QED) is 0.400. The van der Waals surface area contributed by atoms with Gasteiger partial charge in [-0.3, -0.25) is 4.79 Å². The number of hydrogen-bond acceptors (Lipinski definition) is 5. The summed E-state index contributed by atoms with van der Waals surface area (Å²) in [5.41, 5.74) is 1.99. The number of nitrogens with zero attached hydrogens (tertiary/aromatic N) is 1. The molecule has 0 saturated heterocycles. The van der Waals surface area contributed by atoms with Crippen LogP contribution in [0.25, 0.3) is 6.08 Å². The van der Waals surface area contributed by atoms with Gasteiger partial charge in [-0.2, -0.15) is 0 Å². The molecule has 0 unspecified atom stereocenters. The molecule has 2 aromatic carbocycles. The lowest BCUT2D eigenvalue weighted by molar-refractivity contribution is -0.130. The smallest absolute Gasteiger partial charge is 0.347 e. The third-order valence-electron chi connectivity index (χ3n) is 3.60. The molecule has 1 N–H and O–H groups in total. The molecule has 0 bridgehead atoms.